The van der Waals surface area contributed by atoms with Crippen molar-refractivity contribution in [3.63, 3.8) is 0 Å². The third kappa shape index (κ3) is 1.33. The Morgan fingerprint density at radius 1 is 1.16 bits per heavy atom. The van der Waals surface area contributed by atoms with Gasteiger partial charge in [0, 0.05) is 17.7 Å². The number of hydrogen-bond acceptors (Lipinski definition) is 1. The molecule has 1 heterocycles. The van der Waals surface area contributed by atoms with E-state index in [0.717, 1.165) is 0 Å². The van der Waals surface area contributed by atoms with Gasteiger partial charge >= 0.3 is 0 Å². The lowest BCUT2D eigenvalue weighted by Gasteiger charge is -2.47. The number of allylic oxidation sites excluding steroid dienone is 5. The van der Waals surface area contributed by atoms with Gasteiger partial charge in [-0.15, -0.1) is 0 Å². The monoisotopic (exact) mass is 247 g/mol. The van der Waals surface area contributed by atoms with Crippen molar-refractivity contribution < 1.29 is 0 Å². The maximum Gasteiger partial charge on any atom is 0.0559 e. The summed E-state index contributed by atoms with van der Waals surface area (Å²) >= 11 is 0. The van der Waals surface area contributed by atoms with Gasteiger partial charge in [-0.1, -0.05) is 56.3 Å². The van der Waals surface area contributed by atoms with Crippen LogP contribution in [-0.4, -0.2) is 5.71 Å². The number of fused-ring (bicyclic) bond motifs is 2. The van der Waals surface area contributed by atoms with E-state index in [1.165, 1.54) is 22.4 Å². The first kappa shape index (κ1) is 11.0. The first-order chi connectivity index (χ1) is 9.19. The maximum absolute atomic E-state index is 4.70. The second-order valence-corrected chi connectivity index (χ2v) is 6.15. The van der Waals surface area contributed by atoms with Crippen LogP contribution in [0, 0.1) is 11.8 Å². The molecule has 3 aliphatic rings. The van der Waals surface area contributed by atoms with E-state index in [9.17, 15) is 0 Å². The lowest BCUT2D eigenvalue weighted by atomic mass is 9.57. The van der Waals surface area contributed by atoms with Crippen LogP contribution in [0.5, 0.6) is 0 Å². The van der Waals surface area contributed by atoms with Crippen molar-refractivity contribution in [3.8, 4) is 0 Å². The molecule has 0 saturated heterocycles. The molecule has 1 aromatic rings. The van der Waals surface area contributed by atoms with Crippen molar-refractivity contribution in [2.24, 2.45) is 16.8 Å². The predicted octanol–water partition coefficient (Wildman–Crippen LogP) is 4.02. The molecule has 2 atom stereocenters. The molecule has 1 aromatic carbocycles. The molecule has 0 fully saturated rings. The normalized spacial score (nSPS) is 29.2. The van der Waals surface area contributed by atoms with Gasteiger partial charge in [-0.3, -0.25) is 4.99 Å². The molecular weight excluding hydrogens is 230 g/mol. The highest BCUT2D eigenvalue weighted by molar-refractivity contribution is 6.08. The Hall–Kier alpha value is -1.89. The minimum Gasteiger partial charge on any atom is -0.260 e. The van der Waals surface area contributed by atoms with Crippen LogP contribution in [0.2, 0.25) is 0 Å². The molecule has 94 valence electrons. The zero-order valence-corrected chi connectivity index (χ0v) is 11.3. The zero-order valence-electron chi connectivity index (χ0n) is 11.3. The molecule has 19 heavy (non-hydrogen) atoms. The van der Waals surface area contributed by atoms with E-state index in [2.05, 4.69) is 62.4 Å². The van der Waals surface area contributed by atoms with Gasteiger partial charge in [-0.25, -0.2) is 0 Å². The fourth-order valence-electron chi connectivity index (χ4n) is 3.82. The van der Waals surface area contributed by atoms with E-state index in [1.54, 1.807) is 0 Å². The molecule has 1 heteroatoms. The highest BCUT2D eigenvalue weighted by atomic mass is 14.8. The van der Waals surface area contributed by atoms with Crippen molar-refractivity contribution in [3.05, 3.63) is 71.5 Å². The van der Waals surface area contributed by atoms with Crippen molar-refractivity contribution in [2.45, 2.75) is 19.3 Å². The number of nitrogens with zero attached hydrogens (tertiary/aromatic N) is 1. The molecule has 2 unspecified atom stereocenters. The summed E-state index contributed by atoms with van der Waals surface area (Å²) < 4.78 is 0. The molecule has 0 saturated carbocycles. The van der Waals surface area contributed by atoms with Crippen LogP contribution in [0.15, 0.2) is 65.3 Å². The lowest BCUT2D eigenvalue weighted by molar-refractivity contribution is 0.331. The van der Waals surface area contributed by atoms with Crippen LogP contribution >= 0.6 is 0 Å². The van der Waals surface area contributed by atoms with Gasteiger partial charge in [-0.05, 0) is 28.5 Å². The van der Waals surface area contributed by atoms with Crippen molar-refractivity contribution in [2.75, 3.05) is 0 Å². The van der Waals surface area contributed by atoms with E-state index in [0.29, 0.717) is 11.8 Å². The zero-order chi connectivity index (χ0) is 13.0. The number of hydrogen-bond donors (Lipinski definition) is 0. The maximum atomic E-state index is 4.70. The Bertz CT molecular complexity index is 671. The minimum atomic E-state index is 0.154. The second-order valence-electron chi connectivity index (χ2n) is 6.15. The lowest BCUT2D eigenvalue weighted by Crippen LogP contribution is -2.45. The first-order valence-electron chi connectivity index (χ1n) is 6.92. The SMILES string of the molecule is CC1(C)c2ccccc2C2=NC=CC3=CC=CC1C32. The van der Waals surface area contributed by atoms with Crippen LogP contribution in [0.1, 0.15) is 25.0 Å². The summed E-state index contributed by atoms with van der Waals surface area (Å²) in [5, 5.41) is 0. The standard InChI is InChI=1S/C18H17N/c1-18(2)14-8-4-3-7-13(14)17-16-12(10-11-19-17)6-5-9-15(16)18/h3-11,15-16H,1-2H3. The molecule has 0 N–H and O–H groups in total. The van der Waals surface area contributed by atoms with Gasteiger partial charge in [0.15, 0.2) is 0 Å². The van der Waals surface area contributed by atoms with E-state index in [4.69, 9.17) is 4.99 Å². The van der Waals surface area contributed by atoms with Gasteiger partial charge in [0.2, 0.25) is 0 Å². The minimum absolute atomic E-state index is 0.154. The van der Waals surface area contributed by atoms with Gasteiger partial charge in [0.25, 0.3) is 0 Å². The average Bonchev–Trinajstić information content (AvgIpc) is 2.45. The summed E-state index contributed by atoms with van der Waals surface area (Å²) in [5.74, 6) is 0.936. The van der Waals surface area contributed by atoms with Crippen molar-refractivity contribution >= 4 is 5.71 Å². The van der Waals surface area contributed by atoms with Crippen LogP contribution in [0.3, 0.4) is 0 Å². The highest BCUT2D eigenvalue weighted by Crippen LogP contribution is 2.49. The van der Waals surface area contributed by atoms with E-state index < -0.39 is 0 Å². The van der Waals surface area contributed by atoms with E-state index in [-0.39, 0.29) is 5.41 Å². The summed E-state index contributed by atoms with van der Waals surface area (Å²) in [6, 6.07) is 8.75. The molecule has 1 aliphatic heterocycles. The molecule has 0 aromatic heterocycles. The van der Waals surface area contributed by atoms with Crippen molar-refractivity contribution in [1.29, 1.82) is 0 Å². The van der Waals surface area contributed by atoms with Gasteiger partial charge in [-0.2, -0.15) is 0 Å². The third-order valence-electron chi connectivity index (χ3n) is 4.83. The fraction of sp³-hybridized carbons (Fsp3) is 0.278. The van der Waals surface area contributed by atoms with Crippen LogP contribution in [-0.2, 0) is 5.41 Å². The Labute approximate surface area is 114 Å². The quantitative estimate of drug-likeness (QED) is 0.656. The second kappa shape index (κ2) is 3.57. The van der Waals surface area contributed by atoms with Crippen LogP contribution in [0.4, 0.5) is 0 Å². The third-order valence-corrected chi connectivity index (χ3v) is 4.83. The molecule has 4 rings (SSSR count). The van der Waals surface area contributed by atoms with E-state index in [1.807, 2.05) is 6.20 Å². The van der Waals surface area contributed by atoms with Gasteiger partial charge in [0.05, 0.1) is 5.71 Å². The molecule has 0 bridgehead atoms. The predicted molar refractivity (Wildman–Crippen MR) is 79.3 cm³/mol. The number of benzene rings is 1. The van der Waals surface area contributed by atoms with Gasteiger partial charge in [0.1, 0.15) is 0 Å². The summed E-state index contributed by atoms with van der Waals surface area (Å²) in [7, 11) is 0. The molecule has 0 amide bonds. The van der Waals surface area contributed by atoms with Crippen molar-refractivity contribution in [1.82, 2.24) is 0 Å². The Morgan fingerprint density at radius 3 is 2.89 bits per heavy atom. The topological polar surface area (TPSA) is 12.4 Å². The molecule has 1 nitrogen and oxygen atoms in total. The summed E-state index contributed by atoms with van der Waals surface area (Å²) in [6.45, 7) is 4.72. The average molecular weight is 247 g/mol. The molecule has 0 radical (unpaired) electrons. The summed E-state index contributed by atoms with van der Waals surface area (Å²) in [5.41, 5.74) is 5.56. The Morgan fingerprint density at radius 2 is 2.00 bits per heavy atom. The van der Waals surface area contributed by atoms with Crippen LogP contribution in [0.25, 0.3) is 0 Å². The molecule has 2 aliphatic carbocycles. The fourth-order valence-corrected chi connectivity index (χ4v) is 3.82. The van der Waals surface area contributed by atoms with Crippen LogP contribution < -0.4 is 0 Å². The molecule has 0 spiro atoms. The first-order valence-corrected chi connectivity index (χ1v) is 6.92. The van der Waals surface area contributed by atoms with E-state index >= 15 is 0 Å². The Kier molecular flexibility index (Phi) is 2.06. The molecular formula is C18H17N. The van der Waals surface area contributed by atoms with Gasteiger partial charge < -0.3 is 0 Å². The number of rotatable bonds is 0. The largest absolute Gasteiger partial charge is 0.260 e. The highest BCUT2D eigenvalue weighted by Gasteiger charge is 2.46. The summed E-state index contributed by atoms with van der Waals surface area (Å²) in [6.07, 6.45) is 10.9. The smallest absolute Gasteiger partial charge is 0.0559 e. The number of aliphatic imine (C=N–C) groups is 1. The Balaban J connectivity index is 2.05. The summed E-state index contributed by atoms with van der Waals surface area (Å²) in [4.78, 5) is 4.70.